The molecule has 0 aromatic carbocycles. The van der Waals surface area contributed by atoms with Gasteiger partial charge in [-0.05, 0) is 37.9 Å². The van der Waals surface area contributed by atoms with Gasteiger partial charge in [-0.3, -0.25) is 0 Å². The highest BCUT2D eigenvalue weighted by Gasteiger charge is 2.19. The third-order valence-corrected chi connectivity index (χ3v) is 2.94. The molecule has 0 atom stereocenters. The number of nitrogens with one attached hydrogen (secondary N) is 3. The molecule has 0 aliphatic heterocycles. The number of H-pyrrole nitrogens is 1. The van der Waals surface area contributed by atoms with Crippen LogP contribution in [0.25, 0.3) is 5.65 Å². The Morgan fingerprint density at radius 3 is 3.11 bits per heavy atom. The lowest BCUT2D eigenvalue weighted by molar-refractivity contribution is 0.658. The van der Waals surface area contributed by atoms with Gasteiger partial charge in [-0.1, -0.05) is 0 Å². The van der Waals surface area contributed by atoms with Crippen molar-refractivity contribution < 1.29 is 0 Å². The van der Waals surface area contributed by atoms with Crippen molar-refractivity contribution in [1.82, 2.24) is 25.1 Å². The summed E-state index contributed by atoms with van der Waals surface area (Å²) in [5.74, 6) is 0.692. The van der Waals surface area contributed by atoms with Crippen LogP contribution in [0.5, 0.6) is 0 Å². The van der Waals surface area contributed by atoms with Crippen molar-refractivity contribution in [2.24, 2.45) is 0 Å². The van der Waals surface area contributed by atoms with E-state index in [4.69, 9.17) is 0 Å². The van der Waals surface area contributed by atoms with Crippen molar-refractivity contribution in [3.8, 4) is 0 Å². The lowest BCUT2D eigenvalue weighted by Gasteiger charge is -2.05. The summed E-state index contributed by atoms with van der Waals surface area (Å²) >= 11 is 0. The van der Waals surface area contributed by atoms with E-state index in [0.29, 0.717) is 11.5 Å². The molecule has 1 saturated carbocycles. The van der Waals surface area contributed by atoms with E-state index in [9.17, 15) is 4.79 Å². The van der Waals surface area contributed by atoms with Gasteiger partial charge in [-0.25, -0.2) is 9.89 Å². The summed E-state index contributed by atoms with van der Waals surface area (Å²) in [5.41, 5.74) is 0.213. The van der Waals surface area contributed by atoms with Crippen LogP contribution < -0.4 is 16.3 Å². The van der Waals surface area contributed by atoms with Crippen molar-refractivity contribution in [3.63, 3.8) is 0 Å². The first-order chi connectivity index (χ1) is 8.83. The average molecular weight is 248 g/mol. The molecule has 2 aromatic rings. The Morgan fingerprint density at radius 1 is 1.39 bits per heavy atom. The average Bonchev–Trinajstić information content (AvgIpc) is 3.14. The maximum absolute atomic E-state index is 11.3. The van der Waals surface area contributed by atoms with Gasteiger partial charge in [0.15, 0.2) is 5.65 Å². The molecule has 18 heavy (non-hydrogen) atoms. The second-order valence-corrected chi connectivity index (χ2v) is 4.53. The van der Waals surface area contributed by atoms with E-state index in [1.165, 1.54) is 17.4 Å². The van der Waals surface area contributed by atoms with Crippen LogP contribution in [-0.4, -0.2) is 38.9 Å². The van der Waals surface area contributed by atoms with Crippen LogP contribution >= 0.6 is 0 Å². The minimum Gasteiger partial charge on any atom is -0.369 e. The smallest absolute Gasteiger partial charge is 0.364 e. The zero-order valence-corrected chi connectivity index (χ0v) is 10.0. The Bertz CT molecular complexity index is 584. The molecule has 3 rings (SSSR count). The summed E-state index contributed by atoms with van der Waals surface area (Å²) in [6, 6.07) is 4.34. The second-order valence-electron chi connectivity index (χ2n) is 4.53. The fourth-order valence-corrected chi connectivity index (χ4v) is 1.80. The van der Waals surface area contributed by atoms with Gasteiger partial charge >= 0.3 is 5.69 Å². The van der Waals surface area contributed by atoms with E-state index in [1.54, 1.807) is 6.07 Å². The van der Waals surface area contributed by atoms with E-state index in [2.05, 4.69) is 25.9 Å². The minimum atomic E-state index is -0.316. The molecule has 0 unspecified atom stereocenters. The Hall–Kier alpha value is -1.89. The quantitative estimate of drug-likeness (QED) is 0.625. The van der Waals surface area contributed by atoms with E-state index < -0.39 is 0 Å². The SMILES string of the molecule is O=c1[nH]nc2ccc(NCCCNC3CC3)nn12. The Morgan fingerprint density at radius 2 is 2.28 bits per heavy atom. The molecule has 1 fully saturated rings. The molecule has 2 heterocycles. The molecule has 0 radical (unpaired) electrons. The van der Waals surface area contributed by atoms with E-state index in [-0.39, 0.29) is 5.69 Å². The highest BCUT2D eigenvalue weighted by molar-refractivity contribution is 5.42. The lowest BCUT2D eigenvalue weighted by Crippen LogP contribution is -2.20. The van der Waals surface area contributed by atoms with Crippen LogP contribution in [-0.2, 0) is 0 Å². The number of hydrogen-bond acceptors (Lipinski definition) is 5. The van der Waals surface area contributed by atoms with E-state index in [1.807, 2.05) is 6.07 Å². The van der Waals surface area contributed by atoms with Crippen LogP contribution in [0.2, 0.25) is 0 Å². The van der Waals surface area contributed by atoms with Gasteiger partial charge in [0.25, 0.3) is 0 Å². The van der Waals surface area contributed by atoms with Crippen LogP contribution in [0, 0.1) is 0 Å². The molecule has 7 nitrogen and oxygen atoms in total. The Labute approximate surface area is 104 Å². The first-order valence-corrected chi connectivity index (χ1v) is 6.25. The summed E-state index contributed by atoms with van der Waals surface area (Å²) in [4.78, 5) is 11.3. The summed E-state index contributed by atoms with van der Waals surface area (Å²) < 4.78 is 1.25. The fraction of sp³-hybridized carbons (Fsp3) is 0.545. The second kappa shape index (κ2) is 4.77. The molecule has 1 aliphatic rings. The number of rotatable bonds is 6. The maximum Gasteiger partial charge on any atom is 0.364 e. The molecular weight excluding hydrogens is 232 g/mol. The Kier molecular flexibility index (Phi) is 2.97. The number of nitrogens with zero attached hydrogens (tertiary/aromatic N) is 3. The fourth-order valence-electron chi connectivity index (χ4n) is 1.80. The predicted molar refractivity (Wildman–Crippen MR) is 67.7 cm³/mol. The van der Waals surface area contributed by atoms with Crippen molar-refractivity contribution in [2.75, 3.05) is 18.4 Å². The number of anilines is 1. The monoisotopic (exact) mass is 248 g/mol. The highest BCUT2D eigenvalue weighted by atomic mass is 16.2. The van der Waals surface area contributed by atoms with E-state index in [0.717, 1.165) is 25.6 Å². The molecule has 0 saturated heterocycles. The van der Waals surface area contributed by atoms with Gasteiger partial charge in [0.05, 0.1) is 0 Å². The topological polar surface area (TPSA) is 87.1 Å². The normalized spacial score (nSPS) is 15.1. The van der Waals surface area contributed by atoms with Gasteiger partial charge in [-0.2, -0.15) is 9.61 Å². The zero-order valence-electron chi connectivity index (χ0n) is 10.0. The Balaban J connectivity index is 1.53. The van der Waals surface area contributed by atoms with Crippen molar-refractivity contribution in [2.45, 2.75) is 25.3 Å². The third-order valence-electron chi connectivity index (χ3n) is 2.94. The summed E-state index contributed by atoms with van der Waals surface area (Å²) in [6.45, 7) is 1.86. The first-order valence-electron chi connectivity index (χ1n) is 6.25. The molecule has 3 N–H and O–H groups in total. The zero-order chi connectivity index (χ0) is 12.4. The lowest BCUT2D eigenvalue weighted by atomic mass is 10.4. The number of aromatic amines is 1. The molecule has 0 bridgehead atoms. The molecule has 7 heteroatoms. The number of hydrogen-bond donors (Lipinski definition) is 3. The van der Waals surface area contributed by atoms with Gasteiger partial charge in [-0.15, -0.1) is 5.10 Å². The first kappa shape index (κ1) is 11.2. The van der Waals surface area contributed by atoms with Crippen LogP contribution in [0.1, 0.15) is 19.3 Å². The molecule has 0 amide bonds. The van der Waals surface area contributed by atoms with Crippen molar-refractivity contribution >= 4 is 11.5 Å². The van der Waals surface area contributed by atoms with Crippen molar-refractivity contribution in [1.29, 1.82) is 0 Å². The predicted octanol–water partition coefficient (Wildman–Crippen LogP) is -0.0284. The summed E-state index contributed by atoms with van der Waals surface area (Å²) in [6.07, 6.45) is 3.67. The third kappa shape index (κ3) is 2.51. The largest absolute Gasteiger partial charge is 0.369 e. The highest BCUT2D eigenvalue weighted by Crippen LogP contribution is 2.18. The van der Waals surface area contributed by atoms with Gasteiger partial charge in [0.2, 0.25) is 0 Å². The maximum atomic E-state index is 11.3. The number of aromatic nitrogens is 4. The molecular formula is C11H16N6O. The van der Waals surface area contributed by atoms with Crippen LogP contribution in [0.15, 0.2) is 16.9 Å². The summed E-state index contributed by atoms with van der Waals surface area (Å²) in [5, 5.41) is 17.0. The van der Waals surface area contributed by atoms with Crippen LogP contribution in [0.3, 0.4) is 0 Å². The van der Waals surface area contributed by atoms with Crippen molar-refractivity contribution in [3.05, 3.63) is 22.6 Å². The van der Waals surface area contributed by atoms with Gasteiger partial charge in [0, 0.05) is 12.6 Å². The molecule has 0 spiro atoms. The van der Waals surface area contributed by atoms with Gasteiger partial charge < -0.3 is 10.6 Å². The minimum absolute atomic E-state index is 0.316. The van der Waals surface area contributed by atoms with Crippen LogP contribution in [0.4, 0.5) is 5.82 Å². The number of fused-ring (bicyclic) bond motifs is 1. The van der Waals surface area contributed by atoms with E-state index >= 15 is 0 Å². The molecule has 96 valence electrons. The molecule has 2 aromatic heterocycles. The van der Waals surface area contributed by atoms with Gasteiger partial charge in [0.1, 0.15) is 5.82 Å². The standard InChI is InChI=1S/C11H16N6O/c18-11-15-14-10-5-4-9(16-17(10)11)13-7-1-6-12-8-2-3-8/h4-5,8,12H,1-3,6-7H2,(H,13,16)(H,15,18). The summed E-state index contributed by atoms with van der Waals surface area (Å²) in [7, 11) is 0. The molecule has 1 aliphatic carbocycles.